The van der Waals surface area contributed by atoms with E-state index in [0.29, 0.717) is 17.3 Å². The van der Waals surface area contributed by atoms with Gasteiger partial charge < -0.3 is 10.1 Å². The number of ether oxygens (including phenoxy) is 1. The molecule has 0 aliphatic heterocycles. The predicted molar refractivity (Wildman–Crippen MR) is 83.5 cm³/mol. The van der Waals surface area contributed by atoms with Gasteiger partial charge in [-0.25, -0.2) is 14.8 Å². The van der Waals surface area contributed by atoms with E-state index in [1.54, 1.807) is 30.3 Å². The summed E-state index contributed by atoms with van der Waals surface area (Å²) >= 11 is 5.70. The Labute approximate surface area is 135 Å². The third-order valence-electron chi connectivity index (χ3n) is 2.98. The molecule has 0 bridgehead atoms. The number of anilines is 2. The van der Waals surface area contributed by atoms with Crippen LogP contribution in [-0.4, -0.2) is 38.2 Å². The van der Waals surface area contributed by atoms with Crippen molar-refractivity contribution in [3.05, 3.63) is 47.5 Å². The Balaban J connectivity index is 1.77. The number of nitrogens with zero attached hydrogens (tertiary/aromatic N) is 4. The first-order valence-corrected chi connectivity index (χ1v) is 6.89. The molecule has 116 valence electrons. The lowest BCUT2D eigenvalue weighted by molar-refractivity contribution is 0.0601. The molecule has 0 saturated carbocycles. The molecule has 0 aliphatic carbocycles. The third-order valence-corrected chi connectivity index (χ3v) is 3.16. The summed E-state index contributed by atoms with van der Waals surface area (Å²) in [6.07, 6.45) is 1.30. The predicted octanol–water partition coefficient (Wildman–Crippen LogP) is 2.45. The van der Waals surface area contributed by atoms with Crippen LogP contribution < -0.4 is 5.32 Å². The van der Waals surface area contributed by atoms with Crippen molar-refractivity contribution < 1.29 is 9.53 Å². The first-order chi connectivity index (χ1) is 11.2. The summed E-state index contributed by atoms with van der Waals surface area (Å²) < 4.78 is 4.66. The summed E-state index contributed by atoms with van der Waals surface area (Å²) in [4.78, 5) is 23.0. The Morgan fingerprint density at radius 1 is 1.26 bits per heavy atom. The van der Waals surface area contributed by atoms with Crippen LogP contribution in [0.2, 0.25) is 5.28 Å². The van der Waals surface area contributed by atoms with Gasteiger partial charge in [0.2, 0.25) is 11.2 Å². The van der Waals surface area contributed by atoms with E-state index < -0.39 is 0 Å². The largest absolute Gasteiger partial charge is 0.465 e. The average Bonchev–Trinajstić information content (AvgIpc) is 3.03. The number of methoxy groups -OCH3 is 1. The van der Waals surface area contributed by atoms with E-state index in [1.807, 2.05) is 0 Å². The van der Waals surface area contributed by atoms with Gasteiger partial charge in [-0.3, -0.25) is 5.10 Å². The van der Waals surface area contributed by atoms with Crippen molar-refractivity contribution in [2.75, 3.05) is 12.4 Å². The van der Waals surface area contributed by atoms with E-state index in [9.17, 15) is 4.79 Å². The summed E-state index contributed by atoms with van der Waals surface area (Å²) in [5, 5.41) is 10.0. The fourth-order valence-corrected chi connectivity index (χ4v) is 2.01. The molecule has 23 heavy (non-hydrogen) atoms. The SMILES string of the molecule is COC(=O)c1ccc(-c2cc(Nc3ncnc(Cl)n3)n[nH]2)cc1. The summed E-state index contributed by atoms with van der Waals surface area (Å²) in [7, 11) is 1.34. The second-order valence-corrected chi connectivity index (χ2v) is 4.78. The van der Waals surface area contributed by atoms with Crippen molar-refractivity contribution in [1.29, 1.82) is 0 Å². The molecule has 2 aromatic heterocycles. The van der Waals surface area contributed by atoms with Crippen molar-refractivity contribution in [3.63, 3.8) is 0 Å². The molecular weight excluding hydrogens is 320 g/mol. The highest BCUT2D eigenvalue weighted by atomic mass is 35.5. The van der Waals surface area contributed by atoms with Gasteiger partial charge in [0.05, 0.1) is 18.4 Å². The number of benzene rings is 1. The van der Waals surface area contributed by atoms with E-state index in [4.69, 9.17) is 11.6 Å². The van der Waals surface area contributed by atoms with Crippen molar-refractivity contribution in [2.24, 2.45) is 0 Å². The van der Waals surface area contributed by atoms with E-state index in [-0.39, 0.29) is 11.3 Å². The summed E-state index contributed by atoms with van der Waals surface area (Å²) in [6.45, 7) is 0. The van der Waals surface area contributed by atoms with Crippen LogP contribution in [0.15, 0.2) is 36.7 Å². The minimum absolute atomic E-state index is 0.0941. The Morgan fingerprint density at radius 2 is 2.04 bits per heavy atom. The van der Waals surface area contributed by atoms with Crippen LogP contribution in [0.5, 0.6) is 0 Å². The number of hydrogen-bond donors (Lipinski definition) is 2. The zero-order valence-electron chi connectivity index (χ0n) is 11.9. The summed E-state index contributed by atoms with van der Waals surface area (Å²) in [5.41, 5.74) is 2.12. The van der Waals surface area contributed by atoms with Crippen molar-refractivity contribution in [3.8, 4) is 11.3 Å². The Morgan fingerprint density at radius 3 is 2.74 bits per heavy atom. The maximum Gasteiger partial charge on any atom is 0.337 e. The van der Waals surface area contributed by atoms with Gasteiger partial charge in [0, 0.05) is 6.07 Å². The third kappa shape index (κ3) is 3.43. The quantitative estimate of drug-likeness (QED) is 0.708. The van der Waals surface area contributed by atoms with Gasteiger partial charge in [-0.15, -0.1) is 0 Å². The van der Waals surface area contributed by atoms with E-state index in [1.165, 1.54) is 13.4 Å². The van der Waals surface area contributed by atoms with E-state index in [0.717, 1.165) is 11.3 Å². The molecule has 0 fully saturated rings. The number of aromatic nitrogens is 5. The minimum atomic E-state index is -0.379. The molecule has 0 amide bonds. The van der Waals surface area contributed by atoms with E-state index in [2.05, 4.69) is 35.2 Å². The maximum absolute atomic E-state index is 11.4. The molecule has 2 heterocycles. The highest BCUT2D eigenvalue weighted by molar-refractivity contribution is 6.28. The molecular formula is C14H11ClN6O2. The van der Waals surface area contributed by atoms with Gasteiger partial charge in [0.15, 0.2) is 5.82 Å². The topological polar surface area (TPSA) is 106 Å². The number of H-pyrrole nitrogens is 1. The van der Waals surface area contributed by atoms with Crippen LogP contribution in [-0.2, 0) is 4.74 Å². The van der Waals surface area contributed by atoms with Gasteiger partial charge in [-0.1, -0.05) is 12.1 Å². The minimum Gasteiger partial charge on any atom is -0.465 e. The van der Waals surface area contributed by atoms with Crippen LogP contribution in [0.3, 0.4) is 0 Å². The molecule has 0 unspecified atom stereocenters. The van der Waals surface area contributed by atoms with Crippen molar-refractivity contribution in [2.45, 2.75) is 0 Å². The normalized spacial score (nSPS) is 10.3. The lowest BCUT2D eigenvalue weighted by atomic mass is 10.1. The molecule has 1 aromatic carbocycles. The number of esters is 1. The molecule has 3 aromatic rings. The molecule has 0 spiro atoms. The second kappa shape index (κ2) is 6.41. The molecule has 0 aliphatic rings. The van der Waals surface area contributed by atoms with Crippen molar-refractivity contribution in [1.82, 2.24) is 25.1 Å². The maximum atomic E-state index is 11.4. The molecule has 0 radical (unpaired) electrons. The number of nitrogens with one attached hydrogen (secondary N) is 2. The fraction of sp³-hybridized carbons (Fsp3) is 0.0714. The second-order valence-electron chi connectivity index (χ2n) is 4.44. The summed E-state index contributed by atoms with van der Waals surface area (Å²) in [5.74, 6) is 0.443. The number of rotatable bonds is 4. The van der Waals surface area contributed by atoms with E-state index >= 15 is 0 Å². The van der Waals surface area contributed by atoms with Gasteiger partial charge in [-0.05, 0) is 29.3 Å². The monoisotopic (exact) mass is 330 g/mol. The number of carbonyl (C=O) groups excluding carboxylic acids is 1. The Kier molecular flexibility index (Phi) is 4.15. The number of hydrogen-bond acceptors (Lipinski definition) is 7. The van der Waals surface area contributed by atoms with Crippen LogP contribution >= 0.6 is 11.6 Å². The Hall–Kier alpha value is -3.00. The van der Waals surface area contributed by atoms with Gasteiger partial charge >= 0.3 is 5.97 Å². The lowest BCUT2D eigenvalue weighted by Gasteiger charge is -2.01. The standard InChI is InChI=1S/C14H11ClN6O2/c1-23-12(22)9-4-2-8(3-5-9)10-6-11(21-20-10)18-14-17-7-16-13(15)19-14/h2-7H,1H3,(H2,16,17,18,19,20,21). The molecule has 8 nitrogen and oxygen atoms in total. The molecule has 0 atom stereocenters. The van der Waals surface area contributed by atoms with Crippen molar-refractivity contribution >= 4 is 29.3 Å². The molecule has 3 rings (SSSR count). The first-order valence-electron chi connectivity index (χ1n) is 6.51. The molecule has 2 N–H and O–H groups in total. The van der Waals surface area contributed by atoms with Crippen LogP contribution in [0.4, 0.5) is 11.8 Å². The van der Waals surface area contributed by atoms with Crippen LogP contribution in [0.25, 0.3) is 11.3 Å². The lowest BCUT2D eigenvalue weighted by Crippen LogP contribution is -2.00. The number of halogens is 1. The highest BCUT2D eigenvalue weighted by Crippen LogP contribution is 2.21. The zero-order valence-corrected chi connectivity index (χ0v) is 12.7. The number of aromatic amines is 1. The van der Waals surface area contributed by atoms with Gasteiger partial charge in [0.1, 0.15) is 6.33 Å². The average molecular weight is 331 g/mol. The Bertz CT molecular complexity index is 833. The van der Waals surface area contributed by atoms with Crippen LogP contribution in [0, 0.1) is 0 Å². The number of carbonyl (C=O) groups is 1. The molecule has 0 saturated heterocycles. The fourth-order valence-electron chi connectivity index (χ4n) is 1.89. The first kappa shape index (κ1) is 14.9. The smallest absolute Gasteiger partial charge is 0.337 e. The van der Waals surface area contributed by atoms with Gasteiger partial charge in [-0.2, -0.15) is 10.1 Å². The zero-order chi connectivity index (χ0) is 16.2. The highest BCUT2D eigenvalue weighted by Gasteiger charge is 2.08. The molecule has 9 heteroatoms. The van der Waals surface area contributed by atoms with Gasteiger partial charge in [0.25, 0.3) is 0 Å². The van der Waals surface area contributed by atoms with Crippen LogP contribution in [0.1, 0.15) is 10.4 Å². The summed E-state index contributed by atoms with van der Waals surface area (Å²) in [6, 6.07) is 8.74.